The fourth-order valence-corrected chi connectivity index (χ4v) is 2.13. The van der Waals surface area contributed by atoms with E-state index in [1.54, 1.807) is 13.8 Å². The van der Waals surface area contributed by atoms with Crippen molar-refractivity contribution in [1.82, 2.24) is 0 Å². The number of ether oxygens (including phenoxy) is 1. The number of hydrogen-bond acceptors (Lipinski definition) is 7. The Bertz CT molecular complexity index is 278. The lowest BCUT2D eigenvalue weighted by Crippen LogP contribution is -2.33. The molecule has 0 saturated heterocycles. The Kier molecular flexibility index (Phi) is 12.0. The fraction of sp³-hybridized carbons (Fsp3) is 0.889. The third kappa shape index (κ3) is 8.02. The molecule has 18 heavy (non-hydrogen) atoms. The zero-order chi connectivity index (χ0) is 13.3. The smallest absolute Gasteiger partial charge is 0.357 e. The van der Waals surface area contributed by atoms with Crippen LogP contribution >= 0.6 is 20.0 Å². The second kappa shape index (κ2) is 10.7. The van der Waals surface area contributed by atoms with Crippen molar-refractivity contribution in [2.45, 2.75) is 26.3 Å². The number of carbonyl (C=O) groups is 1. The highest BCUT2D eigenvalue weighted by Gasteiger charge is 2.27. The molecule has 0 aliphatic rings. The van der Waals surface area contributed by atoms with Gasteiger partial charge in [0.15, 0.2) is 0 Å². The van der Waals surface area contributed by atoms with Gasteiger partial charge in [-0.15, -0.1) is 17.1 Å². The number of halogens is 1. The van der Waals surface area contributed by atoms with Crippen LogP contribution in [0.3, 0.4) is 0 Å². The lowest BCUT2D eigenvalue weighted by Gasteiger charge is -2.16. The predicted octanol–water partition coefficient (Wildman–Crippen LogP) is 1.50. The molecule has 0 radical (unpaired) electrons. The van der Waals surface area contributed by atoms with Crippen molar-refractivity contribution in [3.63, 3.8) is 0 Å². The van der Waals surface area contributed by atoms with E-state index in [0.717, 1.165) is 0 Å². The third-order valence-corrected chi connectivity index (χ3v) is 3.56. The van der Waals surface area contributed by atoms with Crippen molar-refractivity contribution >= 4 is 26.0 Å². The maximum atomic E-state index is 11.8. The Balaban J connectivity index is 0. The molecule has 7 nitrogen and oxygen atoms in total. The second-order valence-corrected chi connectivity index (χ2v) is 5.33. The minimum absolute atomic E-state index is 0. The van der Waals surface area contributed by atoms with Gasteiger partial charge in [0.25, 0.3) is 0 Å². The molecule has 2 N–H and O–H groups in total. The number of carbonyl (C=O) groups excluding carboxylic acids is 1. The summed E-state index contributed by atoms with van der Waals surface area (Å²) >= 11 is 0. The molecule has 0 aromatic heterocycles. The van der Waals surface area contributed by atoms with Gasteiger partial charge in [0.2, 0.25) is 0 Å². The van der Waals surface area contributed by atoms with Crippen LogP contribution in [0, 0.1) is 0 Å². The van der Waals surface area contributed by atoms with Crippen molar-refractivity contribution < 1.29 is 28.2 Å². The van der Waals surface area contributed by atoms with Gasteiger partial charge in [-0.1, -0.05) is 0 Å². The Morgan fingerprint density at radius 2 is 1.94 bits per heavy atom. The summed E-state index contributed by atoms with van der Waals surface area (Å²) in [6, 6.07) is -0.844. The first-order valence-corrected chi connectivity index (χ1v) is 7.10. The summed E-state index contributed by atoms with van der Waals surface area (Å²) in [5, 5.41) is 0. The summed E-state index contributed by atoms with van der Waals surface area (Å²) in [4.78, 5) is 15.8. The molecule has 9 heteroatoms. The molecular formula is C9H21ClNO6P. The second-order valence-electron chi connectivity index (χ2n) is 3.15. The summed E-state index contributed by atoms with van der Waals surface area (Å²) in [6.45, 7) is 3.87. The number of hydrogen-bond donors (Lipinski definition) is 1. The van der Waals surface area contributed by atoms with Crippen molar-refractivity contribution in [3.05, 3.63) is 0 Å². The summed E-state index contributed by atoms with van der Waals surface area (Å²) < 4.78 is 25.9. The van der Waals surface area contributed by atoms with Crippen LogP contribution in [0.5, 0.6) is 0 Å². The molecule has 110 valence electrons. The molecule has 0 saturated carbocycles. The van der Waals surface area contributed by atoms with Gasteiger partial charge in [-0.05, 0) is 20.3 Å². The maximum Gasteiger partial charge on any atom is 0.357 e. The highest BCUT2D eigenvalue weighted by molar-refractivity contribution is 7.53. The van der Waals surface area contributed by atoms with Gasteiger partial charge in [0, 0.05) is 7.11 Å². The van der Waals surface area contributed by atoms with Crippen molar-refractivity contribution in [2.75, 3.05) is 26.5 Å². The first-order chi connectivity index (χ1) is 7.99. The van der Waals surface area contributed by atoms with Gasteiger partial charge in [-0.2, -0.15) is 0 Å². The molecule has 0 aromatic carbocycles. The van der Waals surface area contributed by atoms with E-state index < -0.39 is 19.6 Å². The van der Waals surface area contributed by atoms with Crippen LogP contribution in [-0.4, -0.2) is 38.5 Å². The van der Waals surface area contributed by atoms with Crippen LogP contribution in [-0.2, 0) is 28.2 Å². The minimum Gasteiger partial charge on any atom is -0.465 e. The van der Waals surface area contributed by atoms with E-state index in [4.69, 9.17) is 15.0 Å². The molecule has 0 aliphatic carbocycles. The number of rotatable bonds is 9. The van der Waals surface area contributed by atoms with Crippen LogP contribution in [0.1, 0.15) is 20.3 Å². The van der Waals surface area contributed by atoms with Gasteiger partial charge in [-0.3, -0.25) is 9.36 Å². The van der Waals surface area contributed by atoms with Crippen LogP contribution in [0.15, 0.2) is 0 Å². The summed E-state index contributed by atoms with van der Waals surface area (Å²) in [6.07, 6.45) is 0.126. The lowest BCUT2D eigenvalue weighted by atomic mass is 10.2. The topological polar surface area (TPSA) is 97.1 Å². The fourth-order valence-electron chi connectivity index (χ4n) is 0.956. The van der Waals surface area contributed by atoms with Crippen LogP contribution in [0.4, 0.5) is 0 Å². The van der Waals surface area contributed by atoms with Crippen LogP contribution < -0.4 is 5.73 Å². The minimum atomic E-state index is -3.34. The Hall–Kier alpha value is -0.170. The Morgan fingerprint density at radius 1 is 1.33 bits per heavy atom. The SMILES string of the molecule is CCOOP(=O)(CCC(N)C(=O)OCC)OC.Cl. The maximum absolute atomic E-state index is 11.8. The molecule has 0 bridgehead atoms. The van der Waals surface area contributed by atoms with Gasteiger partial charge < -0.3 is 15.0 Å². The van der Waals surface area contributed by atoms with Gasteiger partial charge in [0.05, 0.1) is 19.4 Å². The Labute approximate surface area is 113 Å². The molecule has 0 heterocycles. The number of nitrogens with two attached hydrogens (primary N) is 1. The van der Waals surface area contributed by atoms with Crippen LogP contribution in [0.2, 0.25) is 0 Å². The first-order valence-electron chi connectivity index (χ1n) is 5.37. The summed E-state index contributed by atoms with van der Waals surface area (Å²) in [7, 11) is -2.09. The summed E-state index contributed by atoms with van der Waals surface area (Å²) in [5.41, 5.74) is 5.55. The molecule has 0 rings (SSSR count). The zero-order valence-corrected chi connectivity index (χ0v) is 12.5. The molecule has 2 unspecified atom stereocenters. The highest BCUT2D eigenvalue weighted by Crippen LogP contribution is 2.48. The van der Waals surface area contributed by atoms with Gasteiger partial charge in [0.1, 0.15) is 6.04 Å². The molecule has 2 atom stereocenters. The van der Waals surface area contributed by atoms with Gasteiger partial charge in [-0.25, -0.2) is 4.89 Å². The molecule has 0 spiro atoms. The van der Waals surface area contributed by atoms with E-state index in [0.29, 0.717) is 0 Å². The van der Waals surface area contributed by atoms with E-state index >= 15 is 0 Å². The quantitative estimate of drug-likeness (QED) is 0.298. The van der Waals surface area contributed by atoms with E-state index in [9.17, 15) is 9.36 Å². The van der Waals surface area contributed by atoms with Crippen molar-refractivity contribution in [1.29, 1.82) is 0 Å². The Morgan fingerprint density at radius 3 is 2.39 bits per heavy atom. The lowest BCUT2D eigenvalue weighted by molar-refractivity contribution is -0.209. The molecule has 0 aromatic rings. The molecule has 0 amide bonds. The van der Waals surface area contributed by atoms with E-state index in [1.807, 2.05) is 0 Å². The van der Waals surface area contributed by atoms with E-state index in [2.05, 4.69) is 9.56 Å². The van der Waals surface area contributed by atoms with Crippen LogP contribution in [0.25, 0.3) is 0 Å². The third-order valence-electron chi connectivity index (χ3n) is 1.87. The van der Waals surface area contributed by atoms with Crippen molar-refractivity contribution in [2.24, 2.45) is 5.73 Å². The molecular weight excluding hydrogens is 285 g/mol. The average Bonchev–Trinajstić information content (AvgIpc) is 2.33. The zero-order valence-electron chi connectivity index (χ0n) is 10.8. The molecule has 0 aliphatic heterocycles. The molecule has 0 fully saturated rings. The number of esters is 1. The monoisotopic (exact) mass is 305 g/mol. The van der Waals surface area contributed by atoms with E-state index in [-0.39, 0.29) is 38.2 Å². The summed E-state index contributed by atoms with van der Waals surface area (Å²) in [5.74, 6) is -0.536. The van der Waals surface area contributed by atoms with E-state index in [1.165, 1.54) is 7.11 Å². The van der Waals surface area contributed by atoms with Gasteiger partial charge >= 0.3 is 13.6 Å². The highest BCUT2D eigenvalue weighted by atomic mass is 35.5. The predicted molar refractivity (Wildman–Crippen MR) is 68.7 cm³/mol. The largest absolute Gasteiger partial charge is 0.465 e. The normalized spacial score (nSPS) is 15.3. The average molecular weight is 306 g/mol. The first kappa shape index (κ1) is 20.2. The van der Waals surface area contributed by atoms with Crippen molar-refractivity contribution in [3.8, 4) is 0 Å². The standard InChI is InChI=1S/C9H20NO6P.ClH/c1-4-14-9(11)8(10)6-7-17(12,13-3)16-15-5-2;/h8H,4-7,10H2,1-3H3;1H.